The van der Waals surface area contributed by atoms with Crippen molar-refractivity contribution in [1.82, 2.24) is 0 Å². The number of carbonyl (C=O) groups is 1. The molecule has 0 atom stereocenters. The molecule has 0 aromatic heterocycles. The highest BCUT2D eigenvalue weighted by molar-refractivity contribution is 7.99. The number of carbonyl (C=O) groups excluding carboxylic acids is 1. The van der Waals surface area contributed by atoms with Crippen molar-refractivity contribution >= 4 is 23.9 Å². The van der Waals surface area contributed by atoms with E-state index in [1.165, 1.54) is 0 Å². The van der Waals surface area contributed by atoms with Crippen molar-refractivity contribution in [3.8, 4) is 0 Å². The van der Waals surface area contributed by atoms with E-state index in [2.05, 4.69) is 12.2 Å². The van der Waals surface area contributed by atoms with Crippen molar-refractivity contribution in [2.75, 3.05) is 11.1 Å². The van der Waals surface area contributed by atoms with Gasteiger partial charge in [0.25, 0.3) is 0 Å². The van der Waals surface area contributed by atoms with Crippen LogP contribution in [-0.4, -0.2) is 12.2 Å². The first kappa shape index (κ1) is 9.13. The molecular formula is C9H11NOS. The maximum Gasteiger partial charge on any atom is 0.211 e. The van der Waals surface area contributed by atoms with E-state index in [0.717, 1.165) is 16.3 Å². The van der Waals surface area contributed by atoms with Crippen molar-refractivity contribution in [2.24, 2.45) is 0 Å². The third kappa shape index (κ3) is 2.27. The number of rotatable bonds is 4. The molecule has 2 nitrogen and oxygen atoms in total. The summed E-state index contributed by atoms with van der Waals surface area (Å²) in [5.74, 6) is 1.01. The first-order valence-electron chi connectivity index (χ1n) is 3.80. The minimum atomic E-state index is 0.703. The summed E-state index contributed by atoms with van der Waals surface area (Å²) < 4.78 is 0. The van der Waals surface area contributed by atoms with Crippen LogP contribution in [0.2, 0.25) is 0 Å². The Morgan fingerprint density at radius 1 is 1.50 bits per heavy atom. The van der Waals surface area contributed by atoms with Crippen LogP contribution in [0.25, 0.3) is 0 Å². The number of amides is 1. The second-order valence-corrected chi connectivity index (χ2v) is 3.50. The summed E-state index contributed by atoms with van der Waals surface area (Å²) in [7, 11) is 0. The van der Waals surface area contributed by atoms with Crippen LogP contribution < -0.4 is 5.32 Å². The van der Waals surface area contributed by atoms with Gasteiger partial charge in [-0.3, -0.25) is 4.79 Å². The van der Waals surface area contributed by atoms with Gasteiger partial charge in [-0.25, -0.2) is 0 Å². The third-order valence-electron chi connectivity index (χ3n) is 1.40. The van der Waals surface area contributed by atoms with Gasteiger partial charge < -0.3 is 5.32 Å². The Morgan fingerprint density at radius 3 is 2.92 bits per heavy atom. The molecule has 1 rings (SSSR count). The summed E-state index contributed by atoms with van der Waals surface area (Å²) in [4.78, 5) is 11.3. The zero-order valence-corrected chi connectivity index (χ0v) is 7.73. The number of benzene rings is 1. The summed E-state index contributed by atoms with van der Waals surface area (Å²) in [6, 6.07) is 7.77. The van der Waals surface area contributed by atoms with Gasteiger partial charge in [-0.05, 0) is 17.9 Å². The molecule has 0 heterocycles. The Labute approximate surface area is 76.4 Å². The molecule has 0 aliphatic carbocycles. The Hall–Kier alpha value is -0.960. The number of hydrogen-bond donors (Lipinski definition) is 1. The minimum absolute atomic E-state index is 0.703. The first-order chi connectivity index (χ1) is 5.88. The Bertz CT molecular complexity index is 262. The fraction of sp³-hybridized carbons (Fsp3) is 0.222. The van der Waals surface area contributed by atoms with Gasteiger partial charge in [0, 0.05) is 4.90 Å². The Kier molecular flexibility index (Phi) is 3.67. The fourth-order valence-corrected chi connectivity index (χ4v) is 1.70. The van der Waals surface area contributed by atoms with E-state index in [1.807, 2.05) is 24.3 Å². The standard InChI is InChI=1S/C9H11NOS/c1-2-12-9-6-4-3-5-8(9)10-7-11/h3-7H,2H2,1H3,(H,10,11). The molecule has 0 saturated carbocycles. The highest BCUT2D eigenvalue weighted by atomic mass is 32.2. The molecule has 0 aliphatic heterocycles. The molecule has 0 aliphatic rings. The number of para-hydroxylation sites is 1. The second kappa shape index (κ2) is 4.83. The lowest BCUT2D eigenvalue weighted by Crippen LogP contribution is -1.94. The molecule has 1 amide bonds. The number of hydrogen-bond acceptors (Lipinski definition) is 2. The van der Waals surface area contributed by atoms with E-state index in [9.17, 15) is 4.79 Å². The molecule has 0 bridgehead atoms. The van der Waals surface area contributed by atoms with Crippen LogP contribution in [-0.2, 0) is 4.79 Å². The maximum absolute atomic E-state index is 10.2. The molecule has 12 heavy (non-hydrogen) atoms. The van der Waals surface area contributed by atoms with E-state index in [4.69, 9.17) is 0 Å². The van der Waals surface area contributed by atoms with E-state index >= 15 is 0 Å². The van der Waals surface area contributed by atoms with Crippen molar-refractivity contribution in [3.63, 3.8) is 0 Å². The smallest absolute Gasteiger partial charge is 0.211 e. The molecule has 64 valence electrons. The normalized spacial score (nSPS) is 9.42. The lowest BCUT2D eigenvalue weighted by Gasteiger charge is -2.04. The van der Waals surface area contributed by atoms with Crippen LogP contribution in [0.3, 0.4) is 0 Å². The topological polar surface area (TPSA) is 29.1 Å². The minimum Gasteiger partial charge on any atom is -0.328 e. The number of thioether (sulfide) groups is 1. The third-order valence-corrected chi connectivity index (χ3v) is 2.36. The van der Waals surface area contributed by atoms with Gasteiger partial charge in [0.05, 0.1) is 5.69 Å². The highest BCUT2D eigenvalue weighted by Gasteiger charge is 1.98. The lowest BCUT2D eigenvalue weighted by atomic mass is 10.3. The van der Waals surface area contributed by atoms with Crippen LogP contribution in [0.4, 0.5) is 5.69 Å². The van der Waals surface area contributed by atoms with Crippen LogP contribution in [0, 0.1) is 0 Å². The second-order valence-electron chi connectivity index (χ2n) is 2.19. The van der Waals surface area contributed by atoms with E-state index in [1.54, 1.807) is 11.8 Å². The van der Waals surface area contributed by atoms with Gasteiger partial charge in [0.1, 0.15) is 0 Å². The number of nitrogens with one attached hydrogen (secondary N) is 1. The van der Waals surface area contributed by atoms with Gasteiger partial charge in [-0.2, -0.15) is 0 Å². The van der Waals surface area contributed by atoms with Gasteiger partial charge in [0.15, 0.2) is 0 Å². The first-order valence-corrected chi connectivity index (χ1v) is 4.79. The average molecular weight is 181 g/mol. The lowest BCUT2D eigenvalue weighted by molar-refractivity contribution is -0.105. The summed E-state index contributed by atoms with van der Waals surface area (Å²) in [6.45, 7) is 2.09. The van der Waals surface area contributed by atoms with Gasteiger partial charge in [-0.1, -0.05) is 19.1 Å². The Balaban J connectivity index is 2.83. The summed E-state index contributed by atoms with van der Waals surface area (Å²) >= 11 is 1.72. The molecular weight excluding hydrogens is 170 g/mol. The summed E-state index contributed by atoms with van der Waals surface area (Å²) in [6.07, 6.45) is 0.703. The van der Waals surface area contributed by atoms with Crippen molar-refractivity contribution < 1.29 is 4.79 Å². The van der Waals surface area contributed by atoms with E-state index in [-0.39, 0.29) is 0 Å². The van der Waals surface area contributed by atoms with Crippen molar-refractivity contribution in [1.29, 1.82) is 0 Å². The largest absolute Gasteiger partial charge is 0.328 e. The maximum atomic E-state index is 10.2. The van der Waals surface area contributed by atoms with Crippen LogP contribution in [0.5, 0.6) is 0 Å². The molecule has 0 spiro atoms. The van der Waals surface area contributed by atoms with Crippen molar-refractivity contribution in [2.45, 2.75) is 11.8 Å². The molecule has 1 aromatic rings. The SMILES string of the molecule is CCSc1ccccc1NC=O. The van der Waals surface area contributed by atoms with Crippen LogP contribution in [0.1, 0.15) is 6.92 Å². The van der Waals surface area contributed by atoms with Crippen molar-refractivity contribution in [3.05, 3.63) is 24.3 Å². The molecule has 1 N–H and O–H groups in total. The van der Waals surface area contributed by atoms with Gasteiger partial charge in [0.2, 0.25) is 6.41 Å². The molecule has 0 radical (unpaired) electrons. The summed E-state index contributed by atoms with van der Waals surface area (Å²) in [5, 5.41) is 2.66. The molecule has 0 saturated heterocycles. The van der Waals surface area contributed by atoms with Crippen LogP contribution in [0.15, 0.2) is 29.2 Å². The van der Waals surface area contributed by atoms with Gasteiger partial charge in [-0.15, -0.1) is 11.8 Å². The predicted molar refractivity (Wildman–Crippen MR) is 52.5 cm³/mol. The van der Waals surface area contributed by atoms with E-state index in [0.29, 0.717) is 6.41 Å². The van der Waals surface area contributed by atoms with Crippen LogP contribution >= 0.6 is 11.8 Å². The highest BCUT2D eigenvalue weighted by Crippen LogP contribution is 2.25. The monoisotopic (exact) mass is 181 g/mol. The van der Waals surface area contributed by atoms with Gasteiger partial charge >= 0.3 is 0 Å². The summed E-state index contributed by atoms with van der Waals surface area (Å²) in [5.41, 5.74) is 0.888. The average Bonchev–Trinajstić information content (AvgIpc) is 2.09. The zero-order valence-electron chi connectivity index (χ0n) is 6.91. The zero-order chi connectivity index (χ0) is 8.81. The predicted octanol–water partition coefficient (Wildman–Crippen LogP) is 2.37. The number of anilines is 1. The quantitative estimate of drug-likeness (QED) is 0.570. The fourth-order valence-electron chi connectivity index (χ4n) is 0.931. The van der Waals surface area contributed by atoms with E-state index < -0.39 is 0 Å². The molecule has 1 aromatic carbocycles. The molecule has 3 heteroatoms. The molecule has 0 fully saturated rings. The molecule has 0 unspecified atom stereocenters. The Morgan fingerprint density at radius 2 is 2.25 bits per heavy atom.